The molecule has 7 rings (SSSR count). The summed E-state index contributed by atoms with van der Waals surface area (Å²) in [5.41, 5.74) is 9.25. The van der Waals surface area contributed by atoms with E-state index in [1.807, 2.05) is 53.3 Å². The van der Waals surface area contributed by atoms with Crippen LogP contribution in [0.1, 0.15) is 50.7 Å². The molecule has 0 atom stereocenters. The van der Waals surface area contributed by atoms with Crippen molar-refractivity contribution < 1.29 is 23.7 Å². The average molecular weight is 742 g/mol. The number of carbonyl (C=O) groups excluding carboxylic acids is 1. The second-order valence-corrected chi connectivity index (χ2v) is 14.5. The van der Waals surface area contributed by atoms with Gasteiger partial charge in [0.2, 0.25) is 0 Å². The number of hydrogen-bond acceptors (Lipinski definition) is 8. The summed E-state index contributed by atoms with van der Waals surface area (Å²) in [6.45, 7) is 1.75. The summed E-state index contributed by atoms with van der Waals surface area (Å²) < 4.78 is 28.9. The zero-order valence-corrected chi connectivity index (χ0v) is 31.9. The van der Waals surface area contributed by atoms with Gasteiger partial charge in [0.1, 0.15) is 11.4 Å². The minimum atomic E-state index is -0.396. The maximum atomic E-state index is 13.5. The number of rotatable bonds is 6. The number of aryl methyl sites for hydroxylation is 6. The highest BCUT2D eigenvalue weighted by molar-refractivity contribution is 7.97. The summed E-state index contributed by atoms with van der Waals surface area (Å²) in [7, 11) is 8.94. The third-order valence-corrected chi connectivity index (χ3v) is 11.1. The summed E-state index contributed by atoms with van der Waals surface area (Å²) in [5.74, 6) is 1.85. The van der Waals surface area contributed by atoms with E-state index in [0.29, 0.717) is 55.7 Å². The smallest absolute Gasteiger partial charge is 0.354 e. The topological polar surface area (TPSA) is 94.6 Å². The third-order valence-electron chi connectivity index (χ3n) is 9.83. The van der Waals surface area contributed by atoms with E-state index in [2.05, 4.69) is 36.4 Å². The summed E-state index contributed by atoms with van der Waals surface area (Å²) in [5, 5.41) is 13.6. The van der Waals surface area contributed by atoms with Crippen molar-refractivity contribution >= 4 is 51.0 Å². The Hall–Kier alpha value is -4.29. The number of esters is 1. The van der Waals surface area contributed by atoms with Crippen molar-refractivity contribution in [2.24, 2.45) is 21.1 Å². The molecule has 52 heavy (non-hydrogen) atoms. The Morgan fingerprint density at radius 1 is 0.923 bits per heavy atom. The highest BCUT2D eigenvalue weighted by Crippen LogP contribution is 2.42. The first-order chi connectivity index (χ1) is 25.3. The number of thioether (sulfide) groups is 1. The first kappa shape index (κ1) is 36.1. The van der Waals surface area contributed by atoms with Crippen LogP contribution in [-0.2, 0) is 72.7 Å². The number of carbonyl (C=O) groups is 1. The predicted octanol–water partition coefficient (Wildman–Crippen LogP) is 7.61. The molecule has 6 aromatic rings. The van der Waals surface area contributed by atoms with E-state index in [1.165, 1.54) is 18.4 Å². The molecule has 0 N–H and O–H groups in total. The Bertz CT molecular complexity index is 2260. The van der Waals surface area contributed by atoms with Crippen LogP contribution in [0.25, 0.3) is 32.9 Å². The van der Waals surface area contributed by atoms with Crippen LogP contribution in [0.2, 0.25) is 5.02 Å². The van der Waals surface area contributed by atoms with Crippen molar-refractivity contribution in [2.45, 2.75) is 43.8 Å². The van der Waals surface area contributed by atoms with E-state index in [4.69, 9.17) is 40.7 Å². The lowest BCUT2D eigenvalue weighted by molar-refractivity contribution is 0.0589. The van der Waals surface area contributed by atoms with Gasteiger partial charge in [-0.25, -0.2) is 4.79 Å². The van der Waals surface area contributed by atoms with Crippen LogP contribution >= 0.6 is 23.4 Å². The Labute approximate surface area is 312 Å². The van der Waals surface area contributed by atoms with Crippen LogP contribution in [0.15, 0.2) is 54.6 Å². The molecule has 4 heterocycles. The van der Waals surface area contributed by atoms with Gasteiger partial charge in [0, 0.05) is 67.4 Å². The maximum Gasteiger partial charge on any atom is 0.354 e. The first-order valence-corrected chi connectivity index (χ1v) is 19.1. The zero-order valence-electron chi connectivity index (χ0n) is 30.3. The number of halogens is 1. The minimum Gasteiger partial charge on any atom is -0.493 e. The van der Waals surface area contributed by atoms with E-state index in [-0.39, 0.29) is 0 Å². The van der Waals surface area contributed by atoms with Crippen molar-refractivity contribution in [2.75, 3.05) is 34.0 Å². The molecule has 0 unspecified atom stereocenters. The fourth-order valence-corrected chi connectivity index (χ4v) is 8.59. The summed E-state index contributed by atoms with van der Waals surface area (Å²) >= 11 is 8.92. The van der Waals surface area contributed by atoms with E-state index in [9.17, 15) is 4.79 Å². The number of aromatic nitrogens is 5. The molecule has 0 amide bonds. The lowest BCUT2D eigenvalue weighted by atomic mass is 10.00. The van der Waals surface area contributed by atoms with Gasteiger partial charge in [0.05, 0.1) is 61.2 Å². The molecule has 10 nitrogen and oxygen atoms in total. The van der Waals surface area contributed by atoms with Gasteiger partial charge in [-0.1, -0.05) is 48.0 Å². The molecule has 1 aliphatic heterocycles. The largest absolute Gasteiger partial charge is 0.493 e. The van der Waals surface area contributed by atoms with Crippen molar-refractivity contribution in [1.29, 1.82) is 0 Å². The van der Waals surface area contributed by atoms with Gasteiger partial charge in [0.25, 0.3) is 0 Å². The highest BCUT2D eigenvalue weighted by atomic mass is 35.5. The molecular weight excluding hydrogens is 698 g/mol. The number of ether oxygens (including phenoxy) is 4. The third kappa shape index (κ3) is 7.07. The van der Waals surface area contributed by atoms with Crippen LogP contribution in [-0.4, -0.2) is 64.1 Å². The van der Waals surface area contributed by atoms with Crippen molar-refractivity contribution in [3.05, 3.63) is 99.1 Å². The molecule has 1 aliphatic rings. The predicted molar refractivity (Wildman–Crippen MR) is 206 cm³/mol. The molecule has 0 fully saturated rings. The number of hydrogen-bond donors (Lipinski definition) is 0. The van der Waals surface area contributed by atoms with Crippen LogP contribution in [0.4, 0.5) is 0 Å². The van der Waals surface area contributed by atoms with Gasteiger partial charge in [-0.15, -0.1) is 0 Å². The monoisotopic (exact) mass is 741 g/mol. The van der Waals surface area contributed by atoms with Crippen molar-refractivity contribution in [3.63, 3.8) is 0 Å². The van der Waals surface area contributed by atoms with Gasteiger partial charge >= 0.3 is 5.97 Å². The molecule has 3 aromatic heterocycles. The lowest BCUT2D eigenvalue weighted by Gasteiger charge is -2.13. The molecule has 0 aliphatic carbocycles. The average Bonchev–Trinajstić information content (AvgIpc) is 3.75. The Kier molecular flexibility index (Phi) is 10.9. The van der Waals surface area contributed by atoms with E-state index in [1.54, 1.807) is 18.9 Å². The molecule has 0 spiro atoms. The maximum absolute atomic E-state index is 13.5. The van der Waals surface area contributed by atoms with Gasteiger partial charge in [-0.2, -0.15) is 22.0 Å². The minimum absolute atomic E-state index is 0.329. The van der Waals surface area contributed by atoms with E-state index >= 15 is 0 Å². The van der Waals surface area contributed by atoms with Gasteiger partial charge in [-0.05, 0) is 60.4 Å². The molecule has 8 bridgehead atoms. The SMILES string of the molecule is COCCOCc1nn(C)c2c1CSCc1cc(n(C)n1)CCc1cc(c3ccccc3c1)OCCCc1c(C(=O)OC)n(C)c3c-2c(Cl)ccc13. The molecular formula is C40H44ClN5O5S. The quantitative estimate of drug-likeness (QED) is 0.127. The second-order valence-electron chi connectivity index (χ2n) is 13.1. The number of benzene rings is 3. The Balaban J connectivity index is 1.36. The fraction of sp³-hybridized carbons (Fsp3) is 0.375. The summed E-state index contributed by atoms with van der Waals surface area (Å²) in [6.07, 6.45) is 3.01. The summed E-state index contributed by atoms with van der Waals surface area (Å²) in [6, 6.07) is 18.9. The van der Waals surface area contributed by atoms with Crippen LogP contribution in [0.3, 0.4) is 0 Å². The number of methoxy groups -OCH3 is 2. The van der Waals surface area contributed by atoms with Gasteiger partial charge < -0.3 is 23.5 Å². The fourth-order valence-electron chi connectivity index (χ4n) is 7.39. The Morgan fingerprint density at radius 3 is 2.60 bits per heavy atom. The van der Waals surface area contributed by atoms with E-state index < -0.39 is 5.97 Å². The van der Waals surface area contributed by atoms with Crippen LogP contribution in [0, 0.1) is 0 Å². The first-order valence-electron chi connectivity index (χ1n) is 17.5. The van der Waals surface area contributed by atoms with Gasteiger partial charge in [-0.3, -0.25) is 9.36 Å². The van der Waals surface area contributed by atoms with Crippen LogP contribution in [0.5, 0.6) is 5.75 Å². The number of fused-ring (bicyclic) bond motifs is 8. The molecule has 0 saturated carbocycles. The van der Waals surface area contributed by atoms with E-state index in [0.717, 1.165) is 79.8 Å². The molecule has 12 heteroatoms. The second kappa shape index (κ2) is 15.8. The molecule has 272 valence electrons. The lowest BCUT2D eigenvalue weighted by Crippen LogP contribution is -2.11. The highest BCUT2D eigenvalue weighted by Gasteiger charge is 2.28. The van der Waals surface area contributed by atoms with Crippen LogP contribution < -0.4 is 4.74 Å². The normalized spacial score (nSPS) is 14.0. The van der Waals surface area contributed by atoms with Crippen molar-refractivity contribution in [1.82, 2.24) is 24.1 Å². The van der Waals surface area contributed by atoms with Gasteiger partial charge in [0.15, 0.2) is 0 Å². The Morgan fingerprint density at radius 2 is 1.77 bits per heavy atom. The molecule has 0 saturated heterocycles. The molecule has 3 aromatic carbocycles. The van der Waals surface area contributed by atoms with Crippen molar-refractivity contribution in [3.8, 4) is 17.0 Å². The summed E-state index contributed by atoms with van der Waals surface area (Å²) in [4.78, 5) is 13.5. The standard InChI is InChI=1S/C40H44ClN5O5S/c1-44-37-31-14-15-33(41)36(37)38-32(34(43-46(38)3)22-50-18-17-48-4)24-52-23-27-21-28(45(2)42-27)13-12-25-19-26-9-6-7-10-29(26)35(20-25)51-16-8-11-30(31)39(44)40(47)49-5/h6-7,9-10,14-15,19-21H,8,11-13,16-18,22-24H2,1-5H3. The molecule has 0 radical (unpaired) electrons. The zero-order chi connectivity index (χ0) is 36.4. The number of nitrogens with zero attached hydrogens (tertiary/aromatic N) is 5.